The molecular weight excluding hydrogens is 514 g/mol. The highest BCUT2D eigenvalue weighted by Crippen LogP contribution is 2.39. The highest BCUT2D eigenvalue weighted by atomic mass is 16.5. The molecule has 0 spiro atoms. The molecule has 2 aromatic rings. The van der Waals surface area contributed by atoms with Crippen molar-refractivity contribution in [3.8, 4) is 11.5 Å². The third kappa shape index (κ3) is 6.59. The molecule has 0 N–H and O–H groups in total. The van der Waals surface area contributed by atoms with Crippen molar-refractivity contribution in [2.75, 3.05) is 6.61 Å². The molecule has 5 rings (SSSR count). The standard InChI is InChI=1S/C35H37NO5/c1-4-9-24-10-7-15-29(33(20-24)39-22-27-13-8-12-25-11-5-6-14-28(25)27)31(37)23-40-34-26(21-36-38)16-17-32-30(34)18-19-35(2,3)41-32/h6,8,10,12-20H,4-5,7,9,11,21-23H2,1-3H3. The van der Waals surface area contributed by atoms with Crippen LogP contribution in [0.1, 0.15) is 74.3 Å². The SMILES string of the molecule is CCCC1=CCC=C(C(=O)COc2c(CN=O)ccc3c2C=CC(C)(C)O3)C(OCc2cccc3c2C=CCC3)=C1. The summed E-state index contributed by atoms with van der Waals surface area (Å²) in [7, 11) is 0. The van der Waals surface area contributed by atoms with Crippen LogP contribution in [-0.2, 0) is 29.1 Å². The van der Waals surface area contributed by atoms with Gasteiger partial charge in [0.2, 0.25) is 5.78 Å². The fourth-order valence-electron chi connectivity index (χ4n) is 5.44. The topological polar surface area (TPSA) is 74.2 Å². The quantitative estimate of drug-likeness (QED) is 0.263. The van der Waals surface area contributed by atoms with Gasteiger partial charge in [0.05, 0.1) is 11.1 Å². The van der Waals surface area contributed by atoms with Crippen molar-refractivity contribution >= 4 is 17.9 Å². The largest absolute Gasteiger partial charge is 0.488 e. The minimum Gasteiger partial charge on any atom is -0.488 e. The average Bonchev–Trinajstić information content (AvgIpc) is 3.17. The van der Waals surface area contributed by atoms with Crippen LogP contribution in [0.3, 0.4) is 0 Å². The Morgan fingerprint density at radius 3 is 2.76 bits per heavy atom. The molecule has 1 heterocycles. The monoisotopic (exact) mass is 551 g/mol. The van der Waals surface area contributed by atoms with Crippen LogP contribution in [0.25, 0.3) is 12.2 Å². The van der Waals surface area contributed by atoms with E-state index in [1.807, 2.05) is 44.2 Å². The van der Waals surface area contributed by atoms with E-state index < -0.39 is 5.60 Å². The van der Waals surface area contributed by atoms with Crippen molar-refractivity contribution in [1.29, 1.82) is 0 Å². The number of nitroso groups, excluding NO2 is 1. The lowest BCUT2D eigenvalue weighted by atomic mass is 9.93. The number of aryl methyl sites for hydroxylation is 1. The summed E-state index contributed by atoms with van der Waals surface area (Å²) >= 11 is 0. The zero-order chi connectivity index (χ0) is 28.8. The molecule has 212 valence electrons. The first-order valence-electron chi connectivity index (χ1n) is 14.4. The van der Waals surface area contributed by atoms with E-state index in [1.54, 1.807) is 6.07 Å². The Kier molecular flexibility index (Phi) is 8.67. The van der Waals surface area contributed by atoms with E-state index in [2.05, 4.69) is 48.5 Å². The Labute approximate surface area is 242 Å². The number of ketones is 1. The second-order valence-electron chi connectivity index (χ2n) is 11.1. The molecule has 0 atom stereocenters. The van der Waals surface area contributed by atoms with E-state index in [0.29, 0.717) is 47.0 Å². The molecule has 0 amide bonds. The number of Topliss-reactive ketones (excluding diaryl/α,β-unsaturated/α-hetero) is 1. The van der Waals surface area contributed by atoms with E-state index in [1.165, 1.54) is 11.1 Å². The summed E-state index contributed by atoms with van der Waals surface area (Å²) in [5, 5.41) is 3.06. The fraction of sp³-hybridized carbons (Fsp3) is 0.343. The van der Waals surface area contributed by atoms with Gasteiger partial charge >= 0.3 is 0 Å². The molecular formula is C35H37NO5. The van der Waals surface area contributed by atoms with Gasteiger partial charge in [-0.05, 0) is 92.2 Å². The highest BCUT2D eigenvalue weighted by molar-refractivity contribution is 6.00. The van der Waals surface area contributed by atoms with Crippen molar-refractivity contribution in [2.45, 2.75) is 71.6 Å². The Bertz CT molecular complexity index is 1490. The molecule has 0 fully saturated rings. The van der Waals surface area contributed by atoms with E-state index in [-0.39, 0.29) is 18.9 Å². The fourth-order valence-corrected chi connectivity index (χ4v) is 5.44. The lowest BCUT2D eigenvalue weighted by Crippen LogP contribution is -2.28. The molecule has 3 aliphatic rings. The maximum Gasteiger partial charge on any atom is 0.203 e. The molecule has 0 aromatic heterocycles. The van der Waals surface area contributed by atoms with Crippen molar-refractivity contribution < 1.29 is 19.0 Å². The number of allylic oxidation sites excluding steroid dienone is 6. The normalized spacial score (nSPS) is 16.7. The Balaban J connectivity index is 1.38. The van der Waals surface area contributed by atoms with Gasteiger partial charge in [0.15, 0.2) is 6.61 Å². The van der Waals surface area contributed by atoms with Gasteiger partial charge in [0, 0.05) is 5.56 Å². The average molecular weight is 552 g/mol. The predicted octanol–water partition coefficient (Wildman–Crippen LogP) is 8.20. The van der Waals surface area contributed by atoms with Gasteiger partial charge in [-0.15, -0.1) is 0 Å². The van der Waals surface area contributed by atoms with E-state index in [4.69, 9.17) is 14.2 Å². The predicted molar refractivity (Wildman–Crippen MR) is 163 cm³/mol. The molecule has 1 aliphatic heterocycles. The maximum absolute atomic E-state index is 13.7. The number of hydrogen-bond donors (Lipinski definition) is 0. The number of rotatable bonds is 11. The number of benzene rings is 2. The summed E-state index contributed by atoms with van der Waals surface area (Å²) in [5.41, 5.74) is 6.13. The molecule has 0 bridgehead atoms. The minimum absolute atomic E-state index is 0.0643. The van der Waals surface area contributed by atoms with Gasteiger partial charge < -0.3 is 14.2 Å². The van der Waals surface area contributed by atoms with Crippen molar-refractivity contribution in [3.63, 3.8) is 0 Å². The van der Waals surface area contributed by atoms with Crippen molar-refractivity contribution in [2.24, 2.45) is 5.18 Å². The van der Waals surface area contributed by atoms with Gasteiger partial charge in [-0.1, -0.05) is 61.0 Å². The summed E-state index contributed by atoms with van der Waals surface area (Å²) < 4.78 is 18.6. The Morgan fingerprint density at radius 1 is 1.05 bits per heavy atom. The zero-order valence-electron chi connectivity index (χ0n) is 24.1. The van der Waals surface area contributed by atoms with E-state index in [0.717, 1.165) is 36.8 Å². The van der Waals surface area contributed by atoms with Crippen LogP contribution in [0.15, 0.2) is 82.8 Å². The Morgan fingerprint density at radius 2 is 1.93 bits per heavy atom. The molecule has 41 heavy (non-hydrogen) atoms. The lowest BCUT2D eigenvalue weighted by Gasteiger charge is -2.29. The zero-order valence-corrected chi connectivity index (χ0v) is 24.1. The van der Waals surface area contributed by atoms with Gasteiger partial charge in [-0.25, -0.2) is 0 Å². The first-order valence-corrected chi connectivity index (χ1v) is 14.4. The van der Waals surface area contributed by atoms with Crippen molar-refractivity contribution in [1.82, 2.24) is 0 Å². The van der Waals surface area contributed by atoms with Gasteiger partial charge in [-0.2, -0.15) is 4.91 Å². The number of ether oxygens (including phenoxy) is 3. The molecule has 0 saturated heterocycles. The molecule has 2 aromatic carbocycles. The second kappa shape index (κ2) is 12.5. The third-order valence-electron chi connectivity index (χ3n) is 7.50. The second-order valence-corrected chi connectivity index (χ2v) is 11.1. The van der Waals surface area contributed by atoms with Crippen LogP contribution in [0.5, 0.6) is 11.5 Å². The molecule has 2 aliphatic carbocycles. The van der Waals surface area contributed by atoms with Gasteiger partial charge in [0.1, 0.15) is 36.0 Å². The first kappa shape index (κ1) is 28.3. The lowest BCUT2D eigenvalue weighted by molar-refractivity contribution is -0.117. The number of nitrogens with zero attached hydrogens (tertiary/aromatic N) is 1. The molecule has 0 unspecified atom stereocenters. The number of carbonyl (C=O) groups excluding carboxylic acids is 1. The summed E-state index contributed by atoms with van der Waals surface area (Å²) in [6.07, 6.45) is 18.9. The maximum atomic E-state index is 13.7. The Hall–Kier alpha value is -4.19. The smallest absolute Gasteiger partial charge is 0.203 e. The van der Waals surface area contributed by atoms with Gasteiger partial charge in [0.25, 0.3) is 0 Å². The summed E-state index contributed by atoms with van der Waals surface area (Å²) in [6, 6.07) is 9.91. The van der Waals surface area contributed by atoms with Crippen LogP contribution in [0.2, 0.25) is 0 Å². The highest BCUT2D eigenvalue weighted by Gasteiger charge is 2.26. The van der Waals surface area contributed by atoms with Crippen LogP contribution in [0, 0.1) is 4.91 Å². The third-order valence-corrected chi connectivity index (χ3v) is 7.50. The van der Waals surface area contributed by atoms with Gasteiger partial charge in [-0.3, -0.25) is 4.79 Å². The molecule has 0 saturated carbocycles. The van der Waals surface area contributed by atoms with E-state index >= 15 is 0 Å². The van der Waals surface area contributed by atoms with Crippen LogP contribution >= 0.6 is 0 Å². The summed E-state index contributed by atoms with van der Waals surface area (Å²) in [4.78, 5) is 24.9. The van der Waals surface area contributed by atoms with Crippen LogP contribution in [0.4, 0.5) is 0 Å². The summed E-state index contributed by atoms with van der Waals surface area (Å²) in [5.74, 6) is 1.44. The van der Waals surface area contributed by atoms with E-state index in [9.17, 15) is 9.70 Å². The van der Waals surface area contributed by atoms with Crippen LogP contribution in [-0.4, -0.2) is 18.0 Å². The number of fused-ring (bicyclic) bond motifs is 2. The number of hydrogen-bond acceptors (Lipinski definition) is 6. The molecule has 6 nitrogen and oxygen atoms in total. The summed E-state index contributed by atoms with van der Waals surface area (Å²) in [6.45, 7) is 6.16. The molecule has 6 heteroatoms. The minimum atomic E-state index is -0.469. The van der Waals surface area contributed by atoms with Crippen LogP contribution < -0.4 is 9.47 Å². The number of carbonyl (C=O) groups is 1. The first-order chi connectivity index (χ1) is 19.9. The van der Waals surface area contributed by atoms with Crippen molar-refractivity contribution in [3.05, 3.63) is 110 Å². The molecule has 0 radical (unpaired) electrons.